The zero-order valence-electron chi connectivity index (χ0n) is 11.0. The van der Waals surface area contributed by atoms with Crippen LogP contribution in [0, 0.1) is 6.92 Å². The summed E-state index contributed by atoms with van der Waals surface area (Å²) in [5.74, 6) is 0. The molecule has 0 saturated heterocycles. The fourth-order valence-corrected chi connectivity index (χ4v) is 1.78. The van der Waals surface area contributed by atoms with Crippen molar-refractivity contribution in [2.45, 2.75) is 72.1 Å². The van der Waals surface area contributed by atoms with Crippen LogP contribution in [0.5, 0.6) is 0 Å². The first-order valence-electron chi connectivity index (χ1n) is 6.54. The molecule has 0 atom stereocenters. The van der Waals surface area contributed by atoms with Crippen molar-refractivity contribution in [3.05, 3.63) is 11.3 Å². The maximum Gasteiger partial charge on any atom is 0.129 e. The molecule has 1 rings (SSSR count). The Bertz CT molecular complexity index is 202. The molecule has 0 saturated carbocycles. The normalized spacial score (nSPS) is 9.69. The summed E-state index contributed by atoms with van der Waals surface area (Å²) >= 11 is 1.42. The van der Waals surface area contributed by atoms with Gasteiger partial charge in [0.1, 0.15) is 11.3 Å². The number of rotatable bonds is 7. The zero-order valence-corrected chi connectivity index (χ0v) is 11.9. The Morgan fingerprint density at radius 3 is 1.69 bits per heavy atom. The second-order valence-corrected chi connectivity index (χ2v) is 5.07. The van der Waals surface area contributed by atoms with Crippen molar-refractivity contribution in [2.24, 2.45) is 0 Å². The monoisotopic (exact) mass is 242 g/mol. The molecule has 0 aliphatic heterocycles. The van der Waals surface area contributed by atoms with Crippen LogP contribution in [0.4, 0.5) is 0 Å². The van der Waals surface area contributed by atoms with Crippen LogP contribution >= 0.6 is 11.5 Å². The molecule has 0 bridgehead atoms. The van der Waals surface area contributed by atoms with E-state index in [1.54, 1.807) is 6.33 Å². The van der Waals surface area contributed by atoms with Gasteiger partial charge in [0.25, 0.3) is 0 Å². The first-order valence-corrected chi connectivity index (χ1v) is 7.31. The van der Waals surface area contributed by atoms with E-state index in [1.807, 2.05) is 6.92 Å². The average molecular weight is 242 g/mol. The summed E-state index contributed by atoms with van der Waals surface area (Å²) in [5, 5.41) is 1.02. The molecule has 1 aromatic heterocycles. The summed E-state index contributed by atoms with van der Waals surface area (Å²) in [7, 11) is 0. The predicted molar refractivity (Wildman–Crippen MR) is 72.9 cm³/mol. The van der Waals surface area contributed by atoms with Gasteiger partial charge < -0.3 is 0 Å². The number of unbranched alkanes of at least 4 members (excludes halogenated alkanes) is 7. The lowest BCUT2D eigenvalue weighted by molar-refractivity contribution is 0.585. The fraction of sp³-hybridized carbons (Fsp3) is 0.846. The predicted octanol–water partition coefficient (Wildman–Crippen LogP) is 4.99. The number of nitrogens with zero attached hydrogens (tertiary/aromatic N) is 2. The van der Waals surface area contributed by atoms with Gasteiger partial charge in [-0.15, -0.1) is 0 Å². The molecule has 0 fully saturated rings. The standard InChI is InChI=1S/C10H22.C3H4N2S/c1-3-5-7-9-10-8-6-4-2;1-3-4-2-5-6-3/h3-10H2,1-2H3;2H,1H3. The average Bonchev–Trinajstić information content (AvgIpc) is 2.75. The van der Waals surface area contributed by atoms with Gasteiger partial charge in [-0.1, -0.05) is 65.2 Å². The Balaban J connectivity index is 0.000000315. The van der Waals surface area contributed by atoms with Gasteiger partial charge in [-0.05, 0) is 18.5 Å². The molecule has 2 nitrogen and oxygen atoms in total. The number of hydrogen-bond acceptors (Lipinski definition) is 3. The summed E-state index contributed by atoms with van der Waals surface area (Å²) < 4.78 is 3.75. The molecule has 0 spiro atoms. The van der Waals surface area contributed by atoms with E-state index in [1.165, 1.54) is 62.9 Å². The first-order chi connectivity index (χ1) is 7.81. The molecule has 0 aromatic carbocycles. The molecule has 1 heterocycles. The highest BCUT2D eigenvalue weighted by molar-refractivity contribution is 7.05. The number of aryl methyl sites for hydroxylation is 1. The van der Waals surface area contributed by atoms with Crippen molar-refractivity contribution in [1.29, 1.82) is 0 Å². The fourth-order valence-electron chi connectivity index (χ4n) is 1.44. The van der Waals surface area contributed by atoms with Gasteiger partial charge in [-0.2, -0.15) is 4.37 Å². The second kappa shape index (κ2) is 12.6. The van der Waals surface area contributed by atoms with E-state index < -0.39 is 0 Å². The molecule has 0 N–H and O–H groups in total. The highest BCUT2D eigenvalue weighted by Crippen LogP contribution is 2.07. The van der Waals surface area contributed by atoms with E-state index in [0.717, 1.165) is 5.01 Å². The van der Waals surface area contributed by atoms with Crippen LogP contribution in [0.25, 0.3) is 0 Å². The topological polar surface area (TPSA) is 25.8 Å². The highest BCUT2D eigenvalue weighted by Gasteiger charge is 1.87. The number of aromatic nitrogens is 2. The third-order valence-electron chi connectivity index (χ3n) is 2.43. The molecule has 0 aliphatic rings. The SMILES string of the molecule is CCCCCCCCCC.Cc1ncns1. The number of hydrogen-bond donors (Lipinski definition) is 0. The Morgan fingerprint density at radius 1 is 0.938 bits per heavy atom. The van der Waals surface area contributed by atoms with Gasteiger partial charge in [-0.25, -0.2) is 4.98 Å². The van der Waals surface area contributed by atoms with Crippen LogP contribution in [0.3, 0.4) is 0 Å². The van der Waals surface area contributed by atoms with E-state index in [2.05, 4.69) is 23.2 Å². The lowest BCUT2D eigenvalue weighted by atomic mass is 10.1. The maximum atomic E-state index is 3.82. The van der Waals surface area contributed by atoms with E-state index in [-0.39, 0.29) is 0 Å². The van der Waals surface area contributed by atoms with Gasteiger partial charge in [0.15, 0.2) is 0 Å². The van der Waals surface area contributed by atoms with Gasteiger partial charge in [0.2, 0.25) is 0 Å². The summed E-state index contributed by atoms with van der Waals surface area (Å²) in [5.41, 5.74) is 0. The molecular weight excluding hydrogens is 216 g/mol. The summed E-state index contributed by atoms with van der Waals surface area (Å²) in [6.45, 7) is 6.47. The summed E-state index contributed by atoms with van der Waals surface area (Å²) in [6, 6.07) is 0. The molecule has 0 radical (unpaired) electrons. The third kappa shape index (κ3) is 11.6. The van der Waals surface area contributed by atoms with Crippen LogP contribution in [0.2, 0.25) is 0 Å². The van der Waals surface area contributed by atoms with Crippen LogP contribution in [-0.2, 0) is 0 Å². The minimum absolute atomic E-state index is 1.02. The van der Waals surface area contributed by atoms with Crippen LogP contribution in [-0.4, -0.2) is 9.36 Å². The van der Waals surface area contributed by atoms with Gasteiger partial charge in [-0.3, -0.25) is 0 Å². The molecular formula is C13H26N2S. The van der Waals surface area contributed by atoms with Crippen molar-refractivity contribution < 1.29 is 0 Å². The van der Waals surface area contributed by atoms with Crippen molar-refractivity contribution in [3.8, 4) is 0 Å². The van der Waals surface area contributed by atoms with E-state index >= 15 is 0 Å². The van der Waals surface area contributed by atoms with Gasteiger partial charge in [0.05, 0.1) is 0 Å². The molecule has 0 unspecified atom stereocenters. The Hall–Kier alpha value is -0.440. The zero-order chi connectivity index (χ0) is 12.1. The molecule has 0 amide bonds. The molecule has 3 heteroatoms. The molecule has 16 heavy (non-hydrogen) atoms. The minimum Gasteiger partial charge on any atom is -0.228 e. The van der Waals surface area contributed by atoms with Crippen molar-refractivity contribution in [3.63, 3.8) is 0 Å². The van der Waals surface area contributed by atoms with E-state index in [9.17, 15) is 0 Å². The minimum atomic E-state index is 1.02. The lowest BCUT2D eigenvalue weighted by Crippen LogP contribution is -1.77. The first kappa shape index (κ1) is 15.6. The van der Waals surface area contributed by atoms with E-state index in [4.69, 9.17) is 0 Å². The van der Waals surface area contributed by atoms with Crippen LogP contribution < -0.4 is 0 Å². The van der Waals surface area contributed by atoms with Crippen molar-refractivity contribution in [1.82, 2.24) is 9.36 Å². The third-order valence-corrected chi connectivity index (χ3v) is 3.00. The van der Waals surface area contributed by atoms with Crippen LogP contribution in [0.15, 0.2) is 6.33 Å². The van der Waals surface area contributed by atoms with Crippen LogP contribution in [0.1, 0.15) is 70.2 Å². The molecule has 0 aliphatic carbocycles. The maximum absolute atomic E-state index is 3.82. The molecule has 1 aromatic rings. The molecule has 94 valence electrons. The smallest absolute Gasteiger partial charge is 0.129 e. The highest BCUT2D eigenvalue weighted by atomic mass is 32.1. The summed E-state index contributed by atoms with van der Waals surface area (Å²) in [6.07, 6.45) is 13.0. The summed E-state index contributed by atoms with van der Waals surface area (Å²) in [4.78, 5) is 3.82. The lowest BCUT2D eigenvalue weighted by Gasteiger charge is -1.97. The van der Waals surface area contributed by atoms with Crippen molar-refractivity contribution >= 4 is 11.5 Å². The van der Waals surface area contributed by atoms with Gasteiger partial charge >= 0.3 is 0 Å². The van der Waals surface area contributed by atoms with Gasteiger partial charge in [0, 0.05) is 0 Å². The Morgan fingerprint density at radius 2 is 1.44 bits per heavy atom. The van der Waals surface area contributed by atoms with Crippen molar-refractivity contribution in [2.75, 3.05) is 0 Å². The largest absolute Gasteiger partial charge is 0.228 e. The Kier molecular flexibility index (Phi) is 12.3. The Labute approximate surface area is 105 Å². The second-order valence-electron chi connectivity index (χ2n) is 4.08. The quantitative estimate of drug-likeness (QED) is 0.629. The van der Waals surface area contributed by atoms with E-state index in [0.29, 0.717) is 0 Å².